The zero-order valence-electron chi connectivity index (χ0n) is 11.5. The second kappa shape index (κ2) is 7.17. The Morgan fingerprint density at radius 3 is 2.39 bits per heavy atom. The van der Waals surface area contributed by atoms with Crippen molar-refractivity contribution in [2.24, 2.45) is 11.7 Å². The molecule has 100 valence electrons. The molecule has 0 fully saturated rings. The molecule has 1 aromatic rings. The number of rotatable bonds is 6. The molecule has 0 saturated carbocycles. The summed E-state index contributed by atoms with van der Waals surface area (Å²) in [4.78, 5) is 11.7. The van der Waals surface area contributed by atoms with Crippen LogP contribution in [0.25, 0.3) is 0 Å². The van der Waals surface area contributed by atoms with Gasteiger partial charge in [-0.1, -0.05) is 51.1 Å². The van der Waals surface area contributed by atoms with Crippen molar-refractivity contribution in [2.75, 3.05) is 6.54 Å². The van der Waals surface area contributed by atoms with Crippen LogP contribution in [0.5, 0.6) is 0 Å². The van der Waals surface area contributed by atoms with Gasteiger partial charge in [0, 0.05) is 19.0 Å². The van der Waals surface area contributed by atoms with E-state index in [2.05, 4.69) is 24.4 Å². The Kier molecular flexibility index (Phi) is 5.86. The van der Waals surface area contributed by atoms with E-state index in [0.717, 1.165) is 0 Å². The first-order chi connectivity index (χ1) is 8.50. The molecule has 18 heavy (non-hydrogen) atoms. The molecule has 2 unspecified atom stereocenters. The van der Waals surface area contributed by atoms with Crippen LogP contribution in [-0.2, 0) is 4.79 Å². The van der Waals surface area contributed by atoms with Crippen LogP contribution in [-0.4, -0.2) is 18.5 Å². The van der Waals surface area contributed by atoms with Crippen LogP contribution in [0, 0.1) is 5.92 Å². The maximum Gasteiger partial charge on any atom is 0.221 e. The summed E-state index contributed by atoms with van der Waals surface area (Å²) in [6.45, 7) is 6.83. The maximum absolute atomic E-state index is 11.7. The van der Waals surface area contributed by atoms with Crippen LogP contribution >= 0.6 is 0 Å². The molecule has 1 rings (SSSR count). The summed E-state index contributed by atoms with van der Waals surface area (Å²) in [6.07, 6.45) is 0.402. The van der Waals surface area contributed by atoms with Crippen molar-refractivity contribution in [3.05, 3.63) is 35.9 Å². The minimum atomic E-state index is -0.0583. The lowest BCUT2D eigenvalue weighted by Gasteiger charge is -2.17. The minimum Gasteiger partial charge on any atom is -0.355 e. The number of carbonyl (C=O) groups excluding carboxylic acids is 1. The molecule has 0 radical (unpaired) electrons. The number of amides is 1. The zero-order valence-corrected chi connectivity index (χ0v) is 11.5. The fraction of sp³-hybridized carbons (Fsp3) is 0.533. The molecule has 0 aromatic heterocycles. The molecule has 0 aliphatic rings. The van der Waals surface area contributed by atoms with E-state index in [1.165, 1.54) is 5.56 Å². The summed E-state index contributed by atoms with van der Waals surface area (Å²) < 4.78 is 0. The van der Waals surface area contributed by atoms with Gasteiger partial charge in [-0.25, -0.2) is 0 Å². The molecule has 0 saturated heterocycles. The maximum atomic E-state index is 11.7. The third-order valence-electron chi connectivity index (χ3n) is 3.25. The number of carbonyl (C=O) groups is 1. The average Bonchev–Trinajstić information content (AvgIpc) is 2.36. The van der Waals surface area contributed by atoms with E-state index >= 15 is 0 Å². The molecule has 3 N–H and O–H groups in total. The third-order valence-corrected chi connectivity index (χ3v) is 3.25. The minimum absolute atomic E-state index is 0.0407. The van der Waals surface area contributed by atoms with Crippen molar-refractivity contribution in [2.45, 2.75) is 39.2 Å². The smallest absolute Gasteiger partial charge is 0.221 e. The lowest BCUT2D eigenvalue weighted by atomic mass is 10.00. The van der Waals surface area contributed by atoms with E-state index < -0.39 is 0 Å². The predicted octanol–water partition coefficient (Wildman–Crippen LogP) is 2.28. The summed E-state index contributed by atoms with van der Waals surface area (Å²) in [7, 11) is 0. The van der Waals surface area contributed by atoms with Crippen LogP contribution in [0.2, 0.25) is 0 Å². The molecule has 1 amide bonds. The van der Waals surface area contributed by atoms with Crippen molar-refractivity contribution in [1.82, 2.24) is 5.32 Å². The highest BCUT2D eigenvalue weighted by atomic mass is 16.1. The van der Waals surface area contributed by atoms with E-state index in [1.54, 1.807) is 0 Å². The largest absolute Gasteiger partial charge is 0.355 e. The van der Waals surface area contributed by atoms with Crippen LogP contribution in [0.3, 0.4) is 0 Å². The van der Waals surface area contributed by atoms with E-state index in [9.17, 15) is 4.79 Å². The number of nitrogens with one attached hydrogen (secondary N) is 1. The predicted molar refractivity (Wildman–Crippen MR) is 75.3 cm³/mol. The molecule has 3 nitrogen and oxygen atoms in total. The van der Waals surface area contributed by atoms with Crippen LogP contribution < -0.4 is 11.1 Å². The molecular weight excluding hydrogens is 224 g/mol. The number of hydrogen-bond acceptors (Lipinski definition) is 2. The topological polar surface area (TPSA) is 55.1 Å². The van der Waals surface area contributed by atoms with E-state index in [-0.39, 0.29) is 11.9 Å². The Hall–Kier alpha value is -1.35. The van der Waals surface area contributed by atoms with Gasteiger partial charge in [-0.05, 0) is 17.4 Å². The lowest BCUT2D eigenvalue weighted by Crippen LogP contribution is -2.36. The standard InChI is InChI=1S/C15H24N2O/c1-11(2)14(16)9-15(18)17-10-12(3)13-7-5-4-6-8-13/h4-8,11-12,14H,9-10,16H2,1-3H3,(H,17,18). The Morgan fingerprint density at radius 1 is 1.22 bits per heavy atom. The van der Waals surface area contributed by atoms with Crippen molar-refractivity contribution in [1.29, 1.82) is 0 Å². The second-order valence-electron chi connectivity index (χ2n) is 5.23. The van der Waals surface area contributed by atoms with Gasteiger partial charge in [0.2, 0.25) is 5.91 Å². The summed E-state index contributed by atoms with van der Waals surface area (Å²) in [5.74, 6) is 0.701. The Balaban J connectivity index is 2.35. The molecule has 0 bridgehead atoms. The highest BCUT2D eigenvalue weighted by Crippen LogP contribution is 2.13. The van der Waals surface area contributed by atoms with E-state index in [4.69, 9.17) is 5.73 Å². The number of hydrogen-bond donors (Lipinski definition) is 2. The van der Waals surface area contributed by atoms with Gasteiger partial charge in [0.25, 0.3) is 0 Å². The third kappa shape index (κ3) is 4.88. The second-order valence-corrected chi connectivity index (χ2v) is 5.23. The molecule has 0 aliphatic carbocycles. The van der Waals surface area contributed by atoms with Gasteiger partial charge in [-0.15, -0.1) is 0 Å². The molecular formula is C15H24N2O. The quantitative estimate of drug-likeness (QED) is 0.811. The fourth-order valence-electron chi connectivity index (χ4n) is 1.69. The van der Waals surface area contributed by atoms with Crippen LogP contribution in [0.1, 0.15) is 38.7 Å². The highest BCUT2D eigenvalue weighted by molar-refractivity contribution is 5.76. The number of benzene rings is 1. The molecule has 3 heteroatoms. The fourth-order valence-corrected chi connectivity index (χ4v) is 1.69. The van der Waals surface area contributed by atoms with Gasteiger partial charge in [0.1, 0.15) is 0 Å². The van der Waals surface area contributed by atoms with Crippen molar-refractivity contribution in [3.63, 3.8) is 0 Å². The van der Waals surface area contributed by atoms with Crippen LogP contribution in [0.4, 0.5) is 0 Å². The molecule has 2 atom stereocenters. The van der Waals surface area contributed by atoms with E-state index in [1.807, 2.05) is 32.0 Å². The van der Waals surface area contributed by atoms with Crippen molar-refractivity contribution < 1.29 is 4.79 Å². The Morgan fingerprint density at radius 2 is 1.83 bits per heavy atom. The highest BCUT2D eigenvalue weighted by Gasteiger charge is 2.13. The van der Waals surface area contributed by atoms with Crippen molar-refractivity contribution >= 4 is 5.91 Å². The van der Waals surface area contributed by atoms with Crippen molar-refractivity contribution in [3.8, 4) is 0 Å². The lowest BCUT2D eigenvalue weighted by molar-refractivity contribution is -0.121. The first-order valence-electron chi connectivity index (χ1n) is 6.58. The van der Waals surface area contributed by atoms with Gasteiger partial charge >= 0.3 is 0 Å². The van der Waals surface area contributed by atoms with Gasteiger partial charge in [0.15, 0.2) is 0 Å². The molecule has 0 heterocycles. The van der Waals surface area contributed by atoms with Gasteiger partial charge in [-0.2, -0.15) is 0 Å². The summed E-state index contributed by atoms with van der Waals surface area (Å²) in [5, 5.41) is 2.95. The van der Waals surface area contributed by atoms with Gasteiger partial charge < -0.3 is 11.1 Å². The summed E-state index contributed by atoms with van der Waals surface area (Å²) >= 11 is 0. The number of nitrogens with two attached hydrogens (primary N) is 1. The monoisotopic (exact) mass is 248 g/mol. The average molecular weight is 248 g/mol. The van der Waals surface area contributed by atoms with Gasteiger partial charge in [-0.3, -0.25) is 4.79 Å². The summed E-state index contributed by atoms with van der Waals surface area (Å²) in [5.41, 5.74) is 7.12. The Labute approximate surface area is 110 Å². The SMILES string of the molecule is CC(CNC(=O)CC(N)C(C)C)c1ccccc1. The molecule has 0 spiro atoms. The van der Waals surface area contributed by atoms with Gasteiger partial charge in [0.05, 0.1) is 0 Å². The normalized spacial score (nSPS) is 14.3. The molecule has 0 aliphatic heterocycles. The first kappa shape index (κ1) is 14.7. The van der Waals surface area contributed by atoms with Crippen LogP contribution in [0.15, 0.2) is 30.3 Å². The Bertz CT molecular complexity index is 362. The zero-order chi connectivity index (χ0) is 13.5. The van der Waals surface area contributed by atoms with E-state index in [0.29, 0.717) is 24.8 Å². The first-order valence-corrected chi connectivity index (χ1v) is 6.58. The molecule has 1 aromatic carbocycles. The summed E-state index contributed by atoms with van der Waals surface area (Å²) in [6, 6.07) is 10.1.